The lowest BCUT2D eigenvalue weighted by Crippen LogP contribution is -2.58. The predicted octanol–water partition coefficient (Wildman–Crippen LogP) is 0.376. The number of likely N-dealkylation sites (tertiary alicyclic amines) is 1. The average Bonchev–Trinajstić information content (AvgIpc) is 3.03. The van der Waals surface area contributed by atoms with Crippen LogP contribution in [0.3, 0.4) is 0 Å². The van der Waals surface area contributed by atoms with Crippen LogP contribution < -0.4 is 5.73 Å². The first-order chi connectivity index (χ1) is 8.14. The molecule has 2 rings (SSSR count). The van der Waals surface area contributed by atoms with Crippen LogP contribution in [0, 0.1) is 5.92 Å². The van der Waals surface area contributed by atoms with E-state index in [0.29, 0.717) is 6.04 Å². The summed E-state index contributed by atoms with van der Waals surface area (Å²) in [6.45, 7) is 3.82. The Hall–Kier alpha value is -0.160. The van der Waals surface area contributed by atoms with Crippen molar-refractivity contribution in [3.05, 3.63) is 0 Å². The van der Waals surface area contributed by atoms with E-state index in [1.807, 2.05) is 0 Å². The van der Waals surface area contributed by atoms with E-state index in [1.54, 1.807) is 7.11 Å². The number of hydrogen-bond donors (Lipinski definition) is 1. The van der Waals surface area contributed by atoms with Crippen LogP contribution >= 0.6 is 0 Å². The van der Waals surface area contributed by atoms with Gasteiger partial charge in [0.05, 0.1) is 12.1 Å². The zero-order valence-electron chi connectivity index (χ0n) is 11.5. The molecule has 100 valence electrons. The number of nitrogens with two attached hydrogens (primary N) is 1. The van der Waals surface area contributed by atoms with Gasteiger partial charge in [0.25, 0.3) is 0 Å². The molecule has 2 unspecified atom stereocenters. The maximum absolute atomic E-state index is 6.10. The van der Waals surface area contributed by atoms with E-state index in [1.165, 1.54) is 25.8 Å². The molecule has 0 radical (unpaired) electrons. The molecule has 2 fully saturated rings. The van der Waals surface area contributed by atoms with Crippen molar-refractivity contribution in [2.45, 2.75) is 30.8 Å². The summed E-state index contributed by atoms with van der Waals surface area (Å²) in [6, 6.07) is 0.677. The van der Waals surface area contributed by atoms with E-state index in [4.69, 9.17) is 10.5 Å². The van der Waals surface area contributed by atoms with Crippen molar-refractivity contribution >= 4 is 0 Å². The van der Waals surface area contributed by atoms with Crippen molar-refractivity contribution in [1.82, 2.24) is 9.80 Å². The maximum atomic E-state index is 6.10. The van der Waals surface area contributed by atoms with Gasteiger partial charge in [0.15, 0.2) is 0 Å². The summed E-state index contributed by atoms with van der Waals surface area (Å²) in [5.74, 6) is 0.758. The van der Waals surface area contributed by atoms with Crippen molar-refractivity contribution in [3.63, 3.8) is 0 Å². The van der Waals surface area contributed by atoms with Crippen LogP contribution in [0.2, 0.25) is 0 Å². The second-order valence-electron chi connectivity index (χ2n) is 5.87. The summed E-state index contributed by atoms with van der Waals surface area (Å²) in [4.78, 5) is 4.93. The minimum atomic E-state index is 0.111. The normalized spacial score (nSPS) is 29.8. The average molecular weight is 241 g/mol. The fourth-order valence-electron chi connectivity index (χ4n) is 3.26. The zero-order valence-corrected chi connectivity index (χ0v) is 11.5. The lowest BCUT2D eigenvalue weighted by molar-refractivity contribution is 0.0103. The quantitative estimate of drug-likeness (QED) is 0.730. The fourth-order valence-corrected chi connectivity index (χ4v) is 3.26. The van der Waals surface area contributed by atoms with Crippen molar-refractivity contribution in [2.24, 2.45) is 11.7 Å². The molecule has 0 amide bonds. The van der Waals surface area contributed by atoms with Gasteiger partial charge in [-0.05, 0) is 39.3 Å². The van der Waals surface area contributed by atoms with Gasteiger partial charge < -0.3 is 15.4 Å². The van der Waals surface area contributed by atoms with Gasteiger partial charge in [0.1, 0.15) is 0 Å². The summed E-state index contributed by atoms with van der Waals surface area (Å²) >= 11 is 0. The standard InChI is InChI=1S/C13H27N3O/c1-15(2)12-6-7-16(8-12)13(9-14,10-17-3)11-4-5-11/h11-12H,4-10,14H2,1-3H3. The number of nitrogens with zero attached hydrogens (tertiary/aromatic N) is 2. The highest BCUT2D eigenvalue weighted by Gasteiger charge is 2.50. The molecule has 1 aliphatic heterocycles. The molecule has 2 atom stereocenters. The monoisotopic (exact) mass is 241 g/mol. The molecule has 2 aliphatic rings. The lowest BCUT2D eigenvalue weighted by Gasteiger charge is -2.41. The zero-order chi connectivity index (χ0) is 12.5. The molecule has 0 spiro atoms. The molecular weight excluding hydrogens is 214 g/mol. The highest BCUT2D eigenvalue weighted by molar-refractivity contribution is 5.06. The second-order valence-corrected chi connectivity index (χ2v) is 5.87. The van der Waals surface area contributed by atoms with E-state index in [-0.39, 0.29) is 5.54 Å². The predicted molar refractivity (Wildman–Crippen MR) is 70.1 cm³/mol. The molecule has 1 saturated heterocycles. The number of ether oxygens (including phenoxy) is 1. The molecule has 2 N–H and O–H groups in total. The molecule has 4 heteroatoms. The van der Waals surface area contributed by atoms with Crippen LogP contribution in [0.15, 0.2) is 0 Å². The Morgan fingerprint density at radius 2 is 2.06 bits per heavy atom. The Kier molecular flexibility index (Phi) is 4.08. The topological polar surface area (TPSA) is 41.7 Å². The van der Waals surface area contributed by atoms with E-state index in [2.05, 4.69) is 23.9 Å². The Bertz CT molecular complexity index is 255. The second kappa shape index (κ2) is 5.22. The maximum Gasteiger partial charge on any atom is 0.0661 e. The van der Waals surface area contributed by atoms with Gasteiger partial charge in [0, 0.05) is 32.8 Å². The number of rotatable bonds is 6. The van der Waals surface area contributed by atoms with Gasteiger partial charge in [-0.3, -0.25) is 4.90 Å². The van der Waals surface area contributed by atoms with E-state index < -0.39 is 0 Å². The largest absolute Gasteiger partial charge is 0.383 e. The third kappa shape index (κ3) is 2.50. The molecule has 0 aromatic carbocycles. The minimum Gasteiger partial charge on any atom is -0.383 e. The molecule has 0 aromatic heterocycles. The first-order valence-electron chi connectivity index (χ1n) is 6.74. The summed E-state index contributed by atoms with van der Waals surface area (Å²) in [5.41, 5.74) is 6.21. The van der Waals surface area contributed by atoms with E-state index in [0.717, 1.165) is 25.6 Å². The smallest absolute Gasteiger partial charge is 0.0661 e. The molecule has 4 nitrogen and oxygen atoms in total. The molecule has 17 heavy (non-hydrogen) atoms. The number of methoxy groups -OCH3 is 1. The molecule has 1 aliphatic carbocycles. The van der Waals surface area contributed by atoms with Crippen LogP contribution in [0.1, 0.15) is 19.3 Å². The van der Waals surface area contributed by atoms with Crippen molar-refractivity contribution in [3.8, 4) is 0 Å². The van der Waals surface area contributed by atoms with E-state index in [9.17, 15) is 0 Å². The third-order valence-corrected chi connectivity index (χ3v) is 4.61. The first kappa shape index (κ1) is 13.3. The molecule has 0 aromatic rings. The summed E-state index contributed by atoms with van der Waals surface area (Å²) in [5, 5.41) is 0. The summed E-state index contributed by atoms with van der Waals surface area (Å²) in [7, 11) is 6.14. The minimum absolute atomic E-state index is 0.111. The van der Waals surface area contributed by atoms with Crippen LogP contribution in [0.25, 0.3) is 0 Å². The molecule has 1 saturated carbocycles. The van der Waals surface area contributed by atoms with Gasteiger partial charge >= 0.3 is 0 Å². The van der Waals surface area contributed by atoms with Crippen LogP contribution in [0.5, 0.6) is 0 Å². The molecular formula is C13H27N3O. The fraction of sp³-hybridized carbons (Fsp3) is 1.00. The highest BCUT2D eigenvalue weighted by Crippen LogP contribution is 2.44. The first-order valence-corrected chi connectivity index (χ1v) is 6.74. The van der Waals surface area contributed by atoms with Crippen LogP contribution in [-0.4, -0.2) is 68.8 Å². The summed E-state index contributed by atoms with van der Waals surface area (Å²) in [6.07, 6.45) is 3.90. The number of likely N-dealkylation sites (N-methyl/N-ethyl adjacent to an activating group) is 1. The van der Waals surface area contributed by atoms with Gasteiger partial charge in [-0.1, -0.05) is 0 Å². The SMILES string of the molecule is COCC(CN)(C1CC1)N1CCC(N(C)C)C1. The van der Waals surface area contributed by atoms with E-state index >= 15 is 0 Å². The lowest BCUT2D eigenvalue weighted by atomic mass is 9.92. The van der Waals surface area contributed by atoms with Gasteiger partial charge in [-0.25, -0.2) is 0 Å². The summed E-state index contributed by atoms with van der Waals surface area (Å²) < 4.78 is 5.47. The van der Waals surface area contributed by atoms with Crippen molar-refractivity contribution < 1.29 is 4.74 Å². The Morgan fingerprint density at radius 3 is 2.47 bits per heavy atom. The van der Waals surface area contributed by atoms with Crippen LogP contribution in [0.4, 0.5) is 0 Å². The van der Waals surface area contributed by atoms with Crippen LogP contribution in [-0.2, 0) is 4.74 Å². The Morgan fingerprint density at radius 1 is 1.35 bits per heavy atom. The van der Waals surface area contributed by atoms with Crippen molar-refractivity contribution in [1.29, 1.82) is 0 Å². The Balaban J connectivity index is 2.06. The third-order valence-electron chi connectivity index (χ3n) is 4.61. The highest BCUT2D eigenvalue weighted by atomic mass is 16.5. The van der Waals surface area contributed by atoms with Gasteiger partial charge in [-0.15, -0.1) is 0 Å². The molecule has 1 heterocycles. The van der Waals surface area contributed by atoms with Crippen molar-refractivity contribution in [2.75, 3.05) is 47.4 Å². The molecule has 0 bridgehead atoms. The Labute approximate surface area is 105 Å². The number of hydrogen-bond acceptors (Lipinski definition) is 4. The van der Waals surface area contributed by atoms with Gasteiger partial charge in [0.2, 0.25) is 0 Å². The van der Waals surface area contributed by atoms with Gasteiger partial charge in [-0.2, -0.15) is 0 Å².